The van der Waals surface area contributed by atoms with Crippen molar-refractivity contribution in [1.29, 1.82) is 0 Å². The molecule has 33 heavy (non-hydrogen) atoms. The summed E-state index contributed by atoms with van der Waals surface area (Å²) in [5.74, 6) is -0.940. The first-order valence-electron chi connectivity index (χ1n) is 10.2. The van der Waals surface area contributed by atoms with Crippen LogP contribution in [0.15, 0.2) is 83.8 Å². The van der Waals surface area contributed by atoms with Gasteiger partial charge in [-0.1, -0.05) is 60.1 Å². The van der Waals surface area contributed by atoms with Gasteiger partial charge in [-0.15, -0.1) is 0 Å². The van der Waals surface area contributed by atoms with Crippen molar-refractivity contribution in [2.75, 3.05) is 11.9 Å². The van der Waals surface area contributed by atoms with Crippen LogP contribution in [0, 0.1) is 0 Å². The van der Waals surface area contributed by atoms with Crippen molar-refractivity contribution < 1.29 is 14.4 Å². The third-order valence-corrected chi connectivity index (χ3v) is 6.55. The molecule has 0 unspecified atom stereocenters. The maximum absolute atomic E-state index is 13.0. The van der Waals surface area contributed by atoms with Gasteiger partial charge < -0.3 is 5.32 Å². The maximum Gasteiger partial charge on any atom is 0.294 e. The minimum absolute atomic E-state index is 0.292. The highest BCUT2D eigenvalue weighted by atomic mass is 35.5. The summed E-state index contributed by atoms with van der Waals surface area (Å²) in [6.45, 7) is -0.360. The average molecular weight is 473 g/mol. The summed E-state index contributed by atoms with van der Waals surface area (Å²) in [6, 6.07) is 24.6. The molecule has 1 fully saturated rings. The van der Waals surface area contributed by atoms with Crippen LogP contribution >= 0.6 is 23.4 Å². The zero-order valence-corrected chi connectivity index (χ0v) is 18.8. The highest BCUT2D eigenvalue weighted by Crippen LogP contribution is 2.36. The number of carbonyl (C=O) groups is 3. The molecule has 4 aromatic rings. The third-order valence-electron chi connectivity index (χ3n) is 5.39. The third kappa shape index (κ3) is 4.23. The predicted octanol–water partition coefficient (Wildman–Crippen LogP) is 6.32. The molecule has 0 atom stereocenters. The molecule has 162 valence electrons. The van der Waals surface area contributed by atoms with Crippen LogP contribution in [-0.2, 0) is 9.59 Å². The van der Waals surface area contributed by atoms with Gasteiger partial charge in [0.05, 0.1) is 4.91 Å². The molecule has 5 rings (SSSR count). The number of carbonyl (C=O) groups excluding carboxylic acids is 3. The number of imide groups is 1. The molecule has 4 aromatic carbocycles. The van der Waals surface area contributed by atoms with E-state index in [1.807, 2.05) is 48.5 Å². The molecule has 1 aliphatic heterocycles. The Labute approximate surface area is 199 Å². The van der Waals surface area contributed by atoms with Gasteiger partial charge in [0, 0.05) is 10.7 Å². The fourth-order valence-corrected chi connectivity index (χ4v) is 4.80. The van der Waals surface area contributed by atoms with E-state index >= 15 is 0 Å². The molecule has 3 amide bonds. The van der Waals surface area contributed by atoms with Crippen molar-refractivity contribution in [2.24, 2.45) is 0 Å². The number of thioether (sulfide) groups is 1. The Bertz CT molecular complexity index is 1410. The zero-order chi connectivity index (χ0) is 22.9. The maximum atomic E-state index is 13.0. The molecule has 1 N–H and O–H groups in total. The van der Waals surface area contributed by atoms with Gasteiger partial charge in [0.2, 0.25) is 5.91 Å². The predicted molar refractivity (Wildman–Crippen MR) is 134 cm³/mol. The van der Waals surface area contributed by atoms with Crippen LogP contribution in [0.2, 0.25) is 5.02 Å². The zero-order valence-electron chi connectivity index (χ0n) is 17.2. The molecular weight excluding hydrogens is 456 g/mol. The van der Waals surface area contributed by atoms with E-state index in [0.29, 0.717) is 15.6 Å². The van der Waals surface area contributed by atoms with Gasteiger partial charge in [-0.3, -0.25) is 19.3 Å². The lowest BCUT2D eigenvalue weighted by Gasteiger charge is -2.12. The normalized spacial score (nSPS) is 15.1. The van der Waals surface area contributed by atoms with Crippen molar-refractivity contribution in [3.05, 3.63) is 94.4 Å². The molecular formula is C26H17ClN2O3S. The minimum atomic E-state index is -0.478. The molecule has 1 saturated heterocycles. The van der Waals surface area contributed by atoms with E-state index < -0.39 is 17.1 Å². The van der Waals surface area contributed by atoms with E-state index in [9.17, 15) is 14.4 Å². The van der Waals surface area contributed by atoms with Crippen molar-refractivity contribution in [3.63, 3.8) is 0 Å². The largest absolute Gasteiger partial charge is 0.325 e. The summed E-state index contributed by atoms with van der Waals surface area (Å²) >= 11 is 6.71. The van der Waals surface area contributed by atoms with Crippen LogP contribution in [0.1, 0.15) is 5.56 Å². The van der Waals surface area contributed by atoms with Crippen LogP contribution in [0.4, 0.5) is 10.5 Å². The first kappa shape index (κ1) is 21.2. The number of hydrogen-bond acceptors (Lipinski definition) is 4. The number of nitrogens with one attached hydrogen (secondary N) is 1. The Morgan fingerprint density at radius 1 is 0.909 bits per heavy atom. The lowest BCUT2D eigenvalue weighted by molar-refractivity contribution is -0.127. The molecule has 0 aliphatic carbocycles. The molecule has 0 spiro atoms. The van der Waals surface area contributed by atoms with Crippen molar-refractivity contribution in [3.8, 4) is 0 Å². The van der Waals surface area contributed by atoms with Crippen LogP contribution in [-0.4, -0.2) is 28.5 Å². The van der Waals surface area contributed by atoms with E-state index in [1.54, 1.807) is 30.3 Å². The summed E-state index contributed by atoms with van der Waals surface area (Å²) < 4.78 is 0. The second kappa shape index (κ2) is 8.73. The van der Waals surface area contributed by atoms with Crippen LogP contribution in [0.3, 0.4) is 0 Å². The van der Waals surface area contributed by atoms with Gasteiger partial charge in [0.1, 0.15) is 6.54 Å². The topological polar surface area (TPSA) is 66.5 Å². The Morgan fingerprint density at radius 3 is 2.15 bits per heavy atom. The SMILES string of the molecule is O=C(CN1C(=O)S/C(=C\c2c3ccccc3cc3ccccc23)C1=O)Nc1ccc(Cl)cc1. The number of hydrogen-bond donors (Lipinski definition) is 1. The summed E-state index contributed by atoms with van der Waals surface area (Å²) in [6.07, 6.45) is 1.76. The molecule has 0 radical (unpaired) electrons. The molecule has 0 saturated carbocycles. The second-order valence-corrected chi connectivity index (χ2v) is 8.99. The Kier molecular flexibility index (Phi) is 5.62. The Balaban J connectivity index is 1.45. The standard InChI is InChI=1S/C26H17ClN2O3S/c27-18-9-11-19(12-10-18)28-24(30)15-29-25(31)23(33-26(29)32)14-22-20-7-3-1-5-16(20)13-17-6-2-4-8-21(17)22/h1-14H,15H2,(H,28,30)/b23-14-. The molecule has 0 aromatic heterocycles. The summed E-state index contributed by atoms with van der Waals surface area (Å²) in [7, 11) is 0. The molecule has 5 nitrogen and oxygen atoms in total. The number of halogens is 1. The number of fused-ring (bicyclic) bond motifs is 2. The van der Waals surface area contributed by atoms with Gasteiger partial charge in [0.15, 0.2) is 0 Å². The highest BCUT2D eigenvalue weighted by Gasteiger charge is 2.36. The number of benzene rings is 4. The quantitative estimate of drug-likeness (QED) is 0.279. The fraction of sp³-hybridized carbons (Fsp3) is 0.0385. The smallest absolute Gasteiger partial charge is 0.294 e. The summed E-state index contributed by atoms with van der Waals surface area (Å²) in [5, 5.41) is 6.82. The summed E-state index contributed by atoms with van der Waals surface area (Å²) in [4.78, 5) is 39.3. The van der Waals surface area contributed by atoms with E-state index in [0.717, 1.165) is 43.8 Å². The highest BCUT2D eigenvalue weighted by molar-refractivity contribution is 8.18. The Morgan fingerprint density at radius 2 is 1.52 bits per heavy atom. The van der Waals surface area contributed by atoms with Gasteiger partial charge in [0.25, 0.3) is 11.1 Å². The Hall–Kier alpha value is -3.61. The van der Waals surface area contributed by atoms with Crippen molar-refractivity contribution >= 4 is 73.7 Å². The number of rotatable bonds is 4. The minimum Gasteiger partial charge on any atom is -0.325 e. The van der Waals surface area contributed by atoms with E-state index in [1.165, 1.54) is 0 Å². The van der Waals surface area contributed by atoms with E-state index in [-0.39, 0.29) is 6.54 Å². The van der Waals surface area contributed by atoms with E-state index in [4.69, 9.17) is 11.6 Å². The average Bonchev–Trinajstić information content (AvgIpc) is 3.07. The van der Waals surface area contributed by atoms with E-state index in [2.05, 4.69) is 11.4 Å². The molecule has 7 heteroatoms. The molecule has 1 heterocycles. The lowest BCUT2D eigenvalue weighted by Crippen LogP contribution is -2.36. The van der Waals surface area contributed by atoms with Crippen LogP contribution < -0.4 is 5.32 Å². The lowest BCUT2D eigenvalue weighted by atomic mass is 9.96. The number of nitrogens with zero attached hydrogens (tertiary/aromatic N) is 1. The van der Waals surface area contributed by atoms with Gasteiger partial charge in [-0.25, -0.2) is 0 Å². The first-order valence-corrected chi connectivity index (χ1v) is 11.4. The second-order valence-electron chi connectivity index (χ2n) is 7.56. The molecule has 0 bridgehead atoms. The number of amides is 3. The van der Waals surface area contributed by atoms with Crippen LogP contribution in [0.25, 0.3) is 27.6 Å². The van der Waals surface area contributed by atoms with Gasteiger partial charge in [-0.05, 0) is 75.3 Å². The molecule has 1 aliphatic rings. The van der Waals surface area contributed by atoms with Crippen LogP contribution in [0.5, 0.6) is 0 Å². The fourth-order valence-electron chi connectivity index (χ4n) is 3.85. The number of anilines is 1. The van der Waals surface area contributed by atoms with Gasteiger partial charge >= 0.3 is 0 Å². The van der Waals surface area contributed by atoms with Gasteiger partial charge in [-0.2, -0.15) is 0 Å². The first-order chi connectivity index (χ1) is 16.0. The van der Waals surface area contributed by atoms with Crippen molar-refractivity contribution in [1.82, 2.24) is 4.90 Å². The monoisotopic (exact) mass is 472 g/mol. The summed E-state index contributed by atoms with van der Waals surface area (Å²) in [5.41, 5.74) is 1.41. The van der Waals surface area contributed by atoms with Crippen molar-refractivity contribution in [2.45, 2.75) is 0 Å².